The van der Waals surface area contributed by atoms with Crippen molar-refractivity contribution < 1.29 is 4.79 Å². The van der Waals surface area contributed by atoms with Crippen LogP contribution in [0.2, 0.25) is 0 Å². The van der Waals surface area contributed by atoms with Crippen molar-refractivity contribution in [3.8, 4) is 11.1 Å². The van der Waals surface area contributed by atoms with E-state index < -0.39 is 0 Å². The zero-order valence-electron chi connectivity index (χ0n) is 16.1. The molecular weight excluding hydrogens is 416 g/mol. The van der Waals surface area contributed by atoms with E-state index in [0.717, 1.165) is 34.0 Å². The average Bonchev–Trinajstić information content (AvgIpc) is 3.18. The highest BCUT2D eigenvalue weighted by atomic mass is 32.2. The minimum atomic E-state index is -0.276. The molecule has 2 heterocycles. The van der Waals surface area contributed by atoms with E-state index in [9.17, 15) is 9.59 Å². The molecular formula is C22H18N4O2S2. The van der Waals surface area contributed by atoms with Gasteiger partial charge in [0.15, 0.2) is 5.16 Å². The number of hydrogen-bond acceptors (Lipinski definition) is 6. The first-order chi connectivity index (χ1) is 14.6. The number of thioether (sulfide) groups is 1. The Labute approximate surface area is 181 Å². The number of nitrogens with zero attached hydrogens (tertiary/aromatic N) is 2. The van der Waals surface area contributed by atoms with Crippen LogP contribution in [-0.4, -0.2) is 27.8 Å². The number of hydrazone groups is 1. The van der Waals surface area contributed by atoms with Gasteiger partial charge in [0.25, 0.3) is 11.5 Å². The van der Waals surface area contributed by atoms with Crippen LogP contribution in [-0.2, 0) is 4.79 Å². The zero-order valence-corrected chi connectivity index (χ0v) is 17.7. The average molecular weight is 435 g/mol. The fourth-order valence-corrected chi connectivity index (χ4v) is 4.49. The van der Waals surface area contributed by atoms with Crippen molar-refractivity contribution in [2.75, 3.05) is 5.75 Å². The topological polar surface area (TPSA) is 87.2 Å². The van der Waals surface area contributed by atoms with Gasteiger partial charge in [0.05, 0.1) is 17.4 Å². The number of thiophene rings is 1. The van der Waals surface area contributed by atoms with Crippen molar-refractivity contribution in [3.05, 3.63) is 81.5 Å². The Kier molecular flexibility index (Phi) is 6.06. The SMILES string of the molecule is Cc1ccc(-c2csc3nc(SCC(=O)N/N=C/c4ccccc4)[nH]c(=O)c23)cc1. The molecule has 0 spiro atoms. The fourth-order valence-electron chi connectivity index (χ4n) is 2.83. The van der Waals surface area contributed by atoms with Crippen molar-refractivity contribution >= 4 is 45.4 Å². The molecule has 0 aliphatic rings. The molecule has 0 fully saturated rings. The maximum Gasteiger partial charge on any atom is 0.260 e. The molecule has 0 bridgehead atoms. The second-order valence-electron chi connectivity index (χ2n) is 6.56. The van der Waals surface area contributed by atoms with E-state index in [1.165, 1.54) is 11.3 Å². The van der Waals surface area contributed by atoms with E-state index in [2.05, 4.69) is 20.5 Å². The molecule has 0 saturated heterocycles. The second kappa shape index (κ2) is 9.06. The third-order valence-corrected chi connectivity index (χ3v) is 6.07. The molecule has 4 aromatic rings. The van der Waals surface area contributed by atoms with Gasteiger partial charge in [0.1, 0.15) is 4.83 Å². The summed E-state index contributed by atoms with van der Waals surface area (Å²) in [6.07, 6.45) is 1.58. The van der Waals surface area contributed by atoms with Gasteiger partial charge < -0.3 is 4.98 Å². The van der Waals surface area contributed by atoms with Crippen LogP contribution in [0.1, 0.15) is 11.1 Å². The monoisotopic (exact) mass is 434 g/mol. The smallest absolute Gasteiger partial charge is 0.260 e. The summed E-state index contributed by atoms with van der Waals surface area (Å²) >= 11 is 2.58. The summed E-state index contributed by atoms with van der Waals surface area (Å²) in [5.74, 6) is -0.182. The minimum Gasteiger partial charge on any atom is -0.301 e. The minimum absolute atomic E-state index is 0.0940. The number of aromatic nitrogens is 2. The van der Waals surface area contributed by atoms with Gasteiger partial charge in [-0.2, -0.15) is 5.10 Å². The predicted molar refractivity (Wildman–Crippen MR) is 123 cm³/mol. The summed E-state index contributed by atoms with van der Waals surface area (Å²) < 4.78 is 0. The molecule has 1 amide bonds. The lowest BCUT2D eigenvalue weighted by atomic mass is 10.1. The molecule has 6 nitrogen and oxygen atoms in total. The number of nitrogens with one attached hydrogen (secondary N) is 2. The molecule has 150 valence electrons. The van der Waals surface area contributed by atoms with E-state index in [0.29, 0.717) is 15.4 Å². The summed E-state index contributed by atoms with van der Waals surface area (Å²) in [5, 5.41) is 6.86. The number of hydrogen-bond donors (Lipinski definition) is 2. The van der Waals surface area contributed by atoms with Gasteiger partial charge >= 0.3 is 0 Å². The number of fused-ring (bicyclic) bond motifs is 1. The first-order valence-electron chi connectivity index (χ1n) is 9.18. The van der Waals surface area contributed by atoms with Crippen LogP contribution in [0.3, 0.4) is 0 Å². The van der Waals surface area contributed by atoms with Gasteiger partial charge in [0, 0.05) is 10.9 Å². The largest absolute Gasteiger partial charge is 0.301 e. The van der Waals surface area contributed by atoms with Crippen molar-refractivity contribution in [1.29, 1.82) is 0 Å². The molecule has 0 atom stereocenters. The third-order valence-electron chi connectivity index (χ3n) is 4.33. The lowest BCUT2D eigenvalue weighted by molar-refractivity contribution is -0.118. The van der Waals surface area contributed by atoms with Crippen LogP contribution in [0, 0.1) is 6.92 Å². The molecule has 0 saturated carbocycles. The van der Waals surface area contributed by atoms with E-state index >= 15 is 0 Å². The van der Waals surface area contributed by atoms with Gasteiger partial charge in [-0.3, -0.25) is 9.59 Å². The Morgan fingerprint density at radius 3 is 2.73 bits per heavy atom. The Balaban J connectivity index is 1.44. The lowest BCUT2D eigenvalue weighted by Crippen LogP contribution is -2.20. The molecule has 0 aliphatic carbocycles. The van der Waals surface area contributed by atoms with Crippen molar-refractivity contribution in [3.63, 3.8) is 0 Å². The highest BCUT2D eigenvalue weighted by Gasteiger charge is 2.14. The number of aryl methyl sites for hydroxylation is 1. The predicted octanol–water partition coefficient (Wildman–Crippen LogP) is 4.20. The van der Waals surface area contributed by atoms with Crippen LogP contribution >= 0.6 is 23.1 Å². The molecule has 0 unspecified atom stereocenters. The second-order valence-corrected chi connectivity index (χ2v) is 8.38. The summed E-state index contributed by atoms with van der Waals surface area (Å²) in [7, 11) is 0. The maximum absolute atomic E-state index is 12.7. The van der Waals surface area contributed by atoms with Crippen molar-refractivity contribution in [2.24, 2.45) is 5.10 Å². The number of H-pyrrole nitrogens is 1. The van der Waals surface area contributed by atoms with E-state index in [1.54, 1.807) is 6.21 Å². The van der Waals surface area contributed by atoms with Gasteiger partial charge in [-0.1, -0.05) is 71.9 Å². The molecule has 8 heteroatoms. The number of rotatable bonds is 6. The zero-order chi connectivity index (χ0) is 20.9. The van der Waals surface area contributed by atoms with Crippen LogP contribution in [0.25, 0.3) is 21.3 Å². The van der Waals surface area contributed by atoms with E-state index in [4.69, 9.17) is 0 Å². The van der Waals surface area contributed by atoms with Gasteiger partial charge in [-0.05, 0) is 18.1 Å². The number of benzene rings is 2. The fraction of sp³-hybridized carbons (Fsp3) is 0.0909. The standard InChI is InChI=1S/C22H18N4O2S2/c1-14-7-9-16(10-8-14)17-12-29-21-19(17)20(28)24-22(25-21)30-13-18(27)26-23-11-15-5-3-2-4-6-15/h2-12H,13H2,1H3,(H,26,27)(H,24,25,28)/b23-11+. The van der Waals surface area contributed by atoms with Crippen molar-refractivity contribution in [1.82, 2.24) is 15.4 Å². The van der Waals surface area contributed by atoms with E-state index in [1.807, 2.05) is 66.9 Å². The van der Waals surface area contributed by atoms with E-state index in [-0.39, 0.29) is 17.2 Å². The molecule has 0 radical (unpaired) electrons. The van der Waals surface area contributed by atoms with Gasteiger partial charge in [-0.15, -0.1) is 11.3 Å². The number of amides is 1. The lowest BCUT2D eigenvalue weighted by Gasteiger charge is -2.02. The Morgan fingerprint density at radius 2 is 1.97 bits per heavy atom. The normalized spacial score (nSPS) is 11.2. The molecule has 30 heavy (non-hydrogen) atoms. The highest BCUT2D eigenvalue weighted by Crippen LogP contribution is 2.31. The third kappa shape index (κ3) is 4.67. The van der Waals surface area contributed by atoms with Crippen LogP contribution in [0.5, 0.6) is 0 Å². The summed E-state index contributed by atoms with van der Waals surface area (Å²) in [6, 6.07) is 17.5. The molecule has 2 N–H and O–H groups in total. The van der Waals surface area contributed by atoms with Crippen LogP contribution < -0.4 is 11.0 Å². The summed E-state index contributed by atoms with van der Waals surface area (Å²) in [6.45, 7) is 2.02. The Hall–Kier alpha value is -3.23. The maximum atomic E-state index is 12.7. The number of aromatic amines is 1. The Morgan fingerprint density at radius 1 is 1.20 bits per heavy atom. The first-order valence-corrected chi connectivity index (χ1v) is 11.0. The van der Waals surface area contributed by atoms with Crippen LogP contribution in [0.4, 0.5) is 0 Å². The molecule has 2 aromatic carbocycles. The quantitative estimate of drug-likeness (QED) is 0.206. The molecule has 0 aliphatic heterocycles. The van der Waals surface area contributed by atoms with Gasteiger partial charge in [-0.25, -0.2) is 10.4 Å². The summed E-state index contributed by atoms with van der Waals surface area (Å²) in [5.41, 5.74) is 6.17. The number of carbonyl (C=O) groups excluding carboxylic acids is 1. The molecule has 2 aromatic heterocycles. The molecule has 4 rings (SSSR count). The number of carbonyl (C=O) groups is 1. The van der Waals surface area contributed by atoms with Crippen molar-refractivity contribution in [2.45, 2.75) is 12.1 Å². The van der Waals surface area contributed by atoms with Gasteiger partial charge in [0.2, 0.25) is 0 Å². The highest BCUT2D eigenvalue weighted by molar-refractivity contribution is 7.99. The summed E-state index contributed by atoms with van der Waals surface area (Å²) in [4.78, 5) is 32.6. The Bertz CT molecular complexity index is 1260. The first kappa shape index (κ1) is 20.1. The van der Waals surface area contributed by atoms with Crippen LogP contribution in [0.15, 0.2) is 75.0 Å².